The third kappa shape index (κ3) is 3.08. The highest BCUT2D eigenvalue weighted by Gasteiger charge is 2.40. The van der Waals surface area contributed by atoms with Crippen LogP contribution < -0.4 is 5.73 Å². The summed E-state index contributed by atoms with van der Waals surface area (Å²) in [5.41, 5.74) is 6.01. The predicted molar refractivity (Wildman–Crippen MR) is 83.2 cm³/mol. The number of ether oxygens (including phenoxy) is 2. The van der Waals surface area contributed by atoms with Crippen molar-refractivity contribution >= 4 is 11.9 Å². The van der Waals surface area contributed by atoms with Gasteiger partial charge in [-0.15, -0.1) is 0 Å². The van der Waals surface area contributed by atoms with Crippen molar-refractivity contribution in [2.45, 2.75) is 19.8 Å². The Hall–Kier alpha value is -3.27. The van der Waals surface area contributed by atoms with E-state index in [0.29, 0.717) is 11.1 Å². The highest BCUT2D eigenvalue weighted by Crippen LogP contribution is 2.40. The summed E-state index contributed by atoms with van der Waals surface area (Å²) >= 11 is 0. The van der Waals surface area contributed by atoms with Gasteiger partial charge in [-0.1, -0.05) is 12.1 Å². The van der Waals surface area contributed by atoms with Crippen LogP contribution in [0.4, 0.5) is 0 Å². The summed E-state index contributed by atoms with van der Waals surface area (Å²) in [6, 6.07) is 8.31. The maximum atomic E-state index is 12.3. The van der Waals surface area contributed by atoms with E-state index in [9.17, 15) is 14.7 Å². The molecule has 0 aromatic heterocycles. The lowest BCUT2D eigenvalue weighted by atomic mass is 9.81. The molecule has 0 saturated heterocycles. The number of primary amides is 1. The van der Waals surface area contributed by atoms with Crippen molar-refractivity contribution in [1.29, 1.82) is 5.26 Å². The summed E-state index contributed by atoms with van der Waals surface area (Å²) in [4.78, 5) is 24.2. The number of hydrogen-bond donors (Lipinski definition) is 2. The second-order valence-electron chi connectivity index (χ2n) is 5.05. The Labute approximate surface area is 138 Å². The van der Waals surface area contributed by atoms with Crippen molar-refractivity contribution in [3.8, 4) is 6.07 Å². The Bertz CT molecular complexity index is 801. The zero-order chi connectivity index (χ0) is 17.9. The summed E-state index contributed by atoms with van der Waals surface area (Å²) in [6.07, 6.45) is 0. The fourth-order valence-electron chi connectivity index (χ4n) is 2.58. The minimum absolute atomic E-state index is 0.0194. The summed E-state index contributed by atoms with van der Waals surface area (Å²) in [7, 11) is 0. The average molecular weight is 328 g/mol. The Morgan fingerprint density at radius 3 is 2.79 bits per heavy atom. The van der Waals surface area contributed by atoms with E-state index in [1.165, 1.54) is 13.0 Å². The number of aliphatic hydroxyl groups is 1. The maximum absolute atomic E-state index is 12.3. The molecule has 0 fully saturated rings. The van der Waals surface area contributed by atoms with Crippen molar-refractivity contribution in [3.05, 3.63) is 58.2 Å². The number of carbonyl (C=O) groups excluding carboxylic acids is 2. The van der Waals surface area contributed by atoms with Gasteiger partial charge >= 0.3 is 5.97 Å². The molecule has 124 valence electrons. The van der Waals surface area contributed by atoms with Crippen LogP contribution in [0.1, 0.15) is 30.9 Å². The molecule has 24 heavy (non-hydrogen) atoms. The molecule has 0 spiro atoms. The number of nitrogens with two attached hydrogens (primary N) is 1. The number of benzene rings is 1. The molecule has 1 atom stereocenters. The number of rotatable bonds is 4. The highest BCUT2D eigenvalue weighted by atomic mass is 16.6. The molecule has 1 aromatic carbocycles. The molecular weight excluding hydrogens is 312 g/mol. The molecule has 0 aliphatic carbocycles. The molecular formula is C17H16N2O5. The smallest absolute Gasteiger partial charge is 0.347 e. The Kier molecular flexibility index (Phi) is 4.90. The summed E-state index contributed by atoms with van der Waals surface area (Å²) in [5.74, 6) is -3.21. The van der Waals surface area contributed by atoms with E-state index in [1.807, 2.05) is 6.07 Å². The lowest BCUT2D eigenvalue weighted by Crippen LogP contribution is -2.31. The van der Waals surface area contributed by atoms with Gasteiger partial charge in [0.2, 0.25) is 5.91 Å². The van der Waals surface area contributed by atoms with Crippen LogP contribution in [-0.2, 0) is 19.1 Å². The minimum atomic E-state index is -0.983. The quantitative estimate of drug-likeness (QED) is 0.493. The van der Waals surface area contributed by atoms with Crippen molar-refractivity contribution in [1.82, 2.24) is 0 Å². The zero-order valence-corrected chi connectivity index (χ0v) is 13.2. The molecule has 2 rings (SSSR count). The van der Waals surface area contributed by atoms with Gasteiger partial charge in [0, 0.05) is 0 Å². The lowest BCUT2D eigenvalue weighted by molar-refractivity contribution is -0.137. The van der Waals surface area contributed by atoms with Crippen molar-refractivity contribution in [3.63, 3.8) is 0 Å². The number of amides is 1. The van der Waals surface area contributed by atoms with E-state index in [-0.39, 0.29) is 23.5 Å². The molecule has 1 aromatic rings. The van der Waals surface area contributed by atoms with Crippen LogP contribution in [0, 0.1) is 11.3 Å². The number of aliphatic hydroxyl groups excluding tert-OH is 1. The Balaban J connectivity index is 2.75. The summed E-state index contributed by atoms with van der Waals surface area (Å²) in [6.45, 7) is 3.18. The molecule has 0 radical (unpaired) electrons. The normalized spacial score (nSPS) is 19.4. The molecule has 1 amide bonds. The van der Waals surface area contributed by atoms with Crippen LogP contribution in [-0.4, -0.2) is 23.6 Å². The van der Waals surface area contributed by atoms with E-state index in [1.54, 1.807) is 25.1 Å². The Morgan fingerprint density at radius 2 is 2.21 bits per heavy atom. The number of allylic oxidation sites excluding steroid dienone is 1. The van der Waals surface area contributed by atoms with Gasteiger partial charge in [0.05, 0.1) is 29.7 Å². The second kappa shape index (κ2) is 6.87. The number of nitriles is 1. The predicted octanol–water partition coefficient (Wildman–Crippen LogP) is 1.76. The fraction of sp³-hybridized carbons (Fsp3) is 0.235. The largest absolute Gasteiger partial charge is 0.481 e. The molecule has 1 unspecified atom stereocenters. The number of cyclic esters (lactones) is 1. The molecule has 0 saturated carbocycles. The lowest BCUT2D eigenvalue weighted by Gasteiger charge is -2.27. The van der Waals surface area contributed by atoms with Gasteiger partial charge in [-0.3, -0.25) is 4.79 Å². The first-order valence-corrected chi connectivity index (χ1v) is 7.19. The third-order valence-electron chi connectivity index (χ3n) is 3.55. The summed E-state index contributed by atoms with van der Waals surface area (Å²) in [5, 5.41) is 19.2. The van der Waals surface area contributed by atoms with Gasteiger partial charge in [0.1, 0.15) is 11.3 Å². The van der Waals surface area contributed by atoms with Crippen molar-refractivity contribution in [2.75, 3.05) is 6.61 Å². The van der Waals surface area contributed by atoms with Crippen LogP contribution in [0.25, 0.3) is 0 Å². The molecule has 7 heteroatoms. The first-order valence-electron chi connectivity index (χ1n) is 7.19. The van der Waals surface area contributed by atoms with Crippen molar-refractivity contribution in [2.24, 2.45) is 5.73 Å². The molecule has 0 bridgehead atoms. The summed E-state index contributed by atoms with van der Waals surface area (Å²) < 4.78 is 10.0. The Morgan fingerprint density at radius 1 is 1.50 bits per heavy atom. The monoisotopic (exact) mass is 328 g/mol. The maximum Gasteiger partial charge on any atom is 0.347 e. The second-order valence-corrected chi connectivity index (χ2v) is 5.05. The van der Waals surface area contributed by atoms with Crippen LogP contribution >= 0.6 is 0 Å². The van der Waals surface area contributed by atoms with Gasteiger partial charge in [-0.05, 0) is 31.5 Å². The van der Waals surface area contributed by atoms with Gasteiger partial charge < -0.3 is 20.3 Å². The molecule has 7 nitrogen and oxygen atoms in total. The van der Waals surface area contributed by atoms with Gasteiger partial charge in [-0.25, -0.2) is 4.79 Å². The first-order chi connectivity index (χ1) is 11.4. The van der Waals surface area contributed by atoms with Gasteiger partial charge in [-0.2, -0.15) is 5.26 Å². The van der Waals surface area contributed by atoms with E-state index in [4.69, 9.17) is 20.5 Å². The third-order valence-corrected chi connectivity index (χ3v) is 3.55. The van der Waals surface area contributed by atoms with E-state index in [0.717, 1.165) is 0 Å². The van der Waals surface area contributed by atoms with E-state index >= 15 is 0 Å². The molecule has 3 N–H and O–H groups in total. The fourth-order valence-corrected chi connectivity index (χ4v) is 2.58. The molecule has 1 aliphatic heterocycles. The number of carbonyl (C=O) groups is 2. The first kappa shape index (κ1) is 17.1. The van der Waals surface area contributed by atoms with Crippen LogP contribution in [0.3, 0.4) is 0 Å². The average Bonchev–Trinajstić information content (AvgIpc) is 2.53. The minimum Gasteiger partial charge on any atom is -0.481 e. The van der Waals surface area contributed by atoms with Crippen LogP contribution in [0.15, 0.2) is 47.1 Å². The number of hydrogen-bond acceptors (Lipinski definition) is 6. The van der Waals surface area contributed by atoms with Gasteiger partial charge in [0.25, 0.3) is 5.95 Å². The standard InChI is InChI=1S/C17H16N2O5/c1-3-23-16(21)14-13(11-6-4-5-10(7-11)8-18)12(15(19)20)9(2)24-17(14)22/h4-7,13,21H,3H2,1-2H3,(H2,19,20)/b16-14-. The van der Waals surface area contributed by atoms with Gasteiger partial charge in [0.15, 0.2) is 0 Å². The van der Waals surface area contributed by atoms with E-state index in [2.05, 4.69) is 0 Å². The zero-order valence-electron chi connectivity index (χ0n) is 13.2. The number of esters is 1. The van der Waals surface area contributed by atoms with Crippen LogP contribution in [0.2, 0.25) is 0 Å². The number of nitrogens with zero attached hydrogens (tertiary/aromatic N) is 1. The van der Waals surface area contributed by atoms with E-state index < -0.39 is 23.7 Å². The van der Waals surface area contributed by atoms with Crippen molar-refractivity contribution < 1.29 is 24.2 Å². The topological polar surface area (TPSA) is 123 Å². The molecule has 1 heterocycles. The highest BCUT2D eigenvalue weighted by molar-refractivity contribution is 6.02. The van der Waals surface area contributed by atoms with Crippen LogP contribution in [0.5, 0.6) is 0 Å². The SMILES string of the molecule is CCO/C(O)=C1\C(=O)OC(C)=C(C(N)=O)C1c1cccc(C#N)c1. The molecule has 1 aliphatic rings.